The lowest BCUT2D eigenvalue weighted by molar-refractivity contribution is 0.257. The molecule has 0 aliphatic rings. The van der Waals surface area contributed by atoms with E-state index in [1.54, 1.807) is 0 Å². The Bertz CT molecular complexity index is 948. The van der Waals surface area contributed by atoms with E-state index >= 15 is 0 Å². The van der Waals surface area contributed by atoms with Gasteiger partial charge in [-0.05, 0) is 68.9 Å². The molecule has 0 spiro atoms. The topological polar surface area (TPSA) is 54.1 Å². The number of allylic oxidation sites excluding steroid dienone is 2. The fourth-order valence-corrected chi connectivity index (χ4v) is 3.64. The lowest BCUT2D eigenvalue weighted by Gasteiger charge is -2.26. The van der Waals surface area contributed by atoms with Gasteiger partial charge in [0.15, 0.2) is 11.8 Å². The molecule has 0 aliphatic carbocycles. The molecule has 31 heavy (non-hydrogen) atoms. The Balaban J connectivity index is 2.42. The predicted molar refractivity (Wildman–Crippen MR) is 127 cm³/mol. The second-order valence-corrected chi connectivity index (χ2v) is 7.12. The largest absolute Gasteiger partial charge is 0.297 e. The van der Waals surface area contributed by atoms with Crippen molar-refractivity contribution >= 4 is 5.70 Å². The van der Waals surface area contributed by atoms with Crippen LogP contribution in [0.1, 0.15) is 56.0 Å². The Morgan fingerprint density at radius 2 is 1.35 bits per heavy atom. The Kier molecular flexibility index (Phi) is 9.47. The number of likely N-dealkylation sites (N-methyl/N-ethyl adjacent to an activating group) is 1. The van der Waals surface area contributed by atoms with Gasteiger partial charge >= 0.3 is 0 Å². The smallest absolute Gasteiger partial charge is 0.187 e. The van der Waals surface area contributed by atoms with Crippen molar-refractivity contribution < 1.29 is 0 Å². The van der Waals surface area contributed by atoms with E-state index < -0.39 is 0 Å². The Morgan fingerprint density at radius 3 is 1.81 bits per heavy atom. The van der Waals surface area contributed by atoms with Crippen molar-refractivity contribution in [1.29, 1.82) is 10.5 Å². The van der Waals surface area contributed by atoms with E-state index in [4.69, 9.17) is 10.5 Å². The summed E-state index contributed by atoms with van der Waals surface area (Å²) >= 11 is 0. The van der Waals surface area contributed by atoms with Gasteiger partial charge in [0.1, 0.15) is 0 Å². The quantitative estimate of drug-likeness (QED) is 0.380. The molecule has 0 saturated heterocycles. The van der Waals surface area contributed by atoms with Crippen LogP contribution in [0.15, 0.2) is 60.7 Å². The van der Waals surface area contributed by atoms with Crippen LogP contribution in [0.3, 0.4) is 0 Å². The molecule has 0 aromatic heterocycles. The predicted octanol–water partition coefficient (Wildman–Crippen LogP) is 5.56. The van der Waals surface area contributed by atoms with Gasteiger partial charge in [-0.2, -0.15) is 10.5 Å². The molecular weight excluding hydrogens is 380 g/mol. The normalized spacial score (nSPS) is 12.3. The maximum Gasteiger partial charge on any atom is 0.187 e. The van der Waals surface area contributed by atoms with E-state index in [2.05, 4.69) is 61.8 Å². The highest BCUT2D eigenvalue weighted by molar-refractivity contribution is 5.65. The summed E-state index contributed by atoms with van der Waals surface area (Å²) in [7, 11) is 0. The number of nitriles is 2. The zero-order valence-electron chi connectivity index (χ0n) is 19.0. The fourth-order valence-electron chi connectivity index (χ4n) is 3.64. The molecule has 0 heterocycles. The number of hydrogen-bond acceptors (Lipinski definition) is 4. The zero-order valence-corrected chi connectivity index (χ0v) is 19.0. The van der Waals surface area contributed by atoms with E-state index in [0.717, 1.165) is 43.0 Å². The molecular formula is C27H31N4+. The molecule has 4 nitrogen and oxygen atoms in total. The van der Waals surface area contributed by atoms with E-state index in [-0.39, 0.29) is 6.04 Å². The molecule has 0 fully saturated rings. The Morgan fingerprint density at radius 1 is 0.839 bits per heavy atom. The summed E-state index contributed by atoms with van der Waals surface area (Å²) in [5, 5.41) is 18.2. The molecule has 1 unspecified atom stereocenters. The number of rotatable bonds is 10. The van der Waals surface area contributed by atoms with Crippen LogP contribution >= 0.6 is 0 Å². The molecule has 4 heteroatoms. The first-order valence-electron chi connectivity index (χ1n) is 10.9. The third-order valence-electron chi connectivity index (χ3n) is 5.48. The summed E-state index contributed by atoms with van der Waals surface area (Å²) in [6.07, 6.45) is 7.57. The minimum atomic E-state index is 0.0814. The maximum atomic E-state index is 9.10. The van der Waals surface area contributed by atoms with E-state index in [1.807, 2.05) is 54.6 Å². The minimum absolute atomic E-state index is 0.0814. The highest BCUT2D eigenvalue weighted by atomic mass is 15.1. The highest BCUT2D eigenvalue weighted by Crippen LogP contribution is 2.24. The van der Waals surface area contributed by atoms with Crippen LogP contribution in [0.4, 0.5) is 0 Å². The van der Waals surface area contributed by atoms with Gasteiger partial charge in [-0.15, -0.1) is 0 Å². The summed E-state index contributed by atoms with van der Waals surface area (Å²) in [5.41, 5.74) is 4.63. The Hall–Kier alpha value is -3.43. The molecule has 0 aliphatic heterocycles. The van der Waals surface area contributed by atoms with Crippen molar-refractivity contribution in [3.05, 3.63) is 89.0 Å². The van der Waals surface area contributed by atoms with Crippen LogP contribution in [0.5, 0.6) is 0 Å². The van der Waals surface area contributed by atoms with E-state index in [1.165, 1.54) is 0 Å². The molecule has 1 atom stereocenters. The maximum absolute atomic E-state index is 9.10. The van der Waals surface area contributed by atoms with Crippen LogP contribution in [0.2, 0.25) is 0 Å². The molecule has 0 bridgehead atoms. The average Bonchev–Trinajstić information content (AvgIpc) is 2.83. The molecule has 158 valence electrons. The van der Waals surface area contributed by atoms with Gasteiger partial charge in [-0.25, -0.2) is 0 Å². The van der Waals surface area contributed by atoms with Crippen molar-refractivity contribution in [2.75, 3.05) is 26.2 Å². The first-order valence-corrected chi connectivity index (χ1v) is 10.9. The van der Waals surface area contributed by atoms with Gasteiger partial charge in [0.05, 0.1) is 47.0 Å². The first kappa shape index (κ1) is 23.8. The van der Waals surface area contributed by atoms with Crippen molar-refractivity contribution in [3.63, 3.8) is 0 Å². The standard InChI is InChI=1S/C27H31N4/c1-5-30(6-2)26(24-16-12-22(20-28)13-17-24)10-9-11-27(31(7-3)8-4)25-18-14-23(21-29)15-19-25/h10-19,26H,5-8H2,1-4H3/q+1/b27-11-. The molecule has 2 aromatic rings. The fraction of sp³-hybridized carbons (Fsp3) is 0.333. The summed E-state index contributed by atoms with van der Waals surface area (Å²) in [6.45, 7) is 12.2. The molecule has 2 aromatic carbocycles. The average molecular weight is 412 g/mol. The molecule has 2 rings (SSSR count). The first-order chi connectivity index (χ1) is 15.1. The van der Waals surface area contributed by atoms with E-state index in [9.17, 15) is 0 Å². The van der Waals surface area contributed by atoms with Crippen LogP contribution < -0.4 is 0 Å². The molecule has 0 radical (unpaired) electrons. The third-order valence-corrected chi connectivity index (χ3v) is 5.48. The van der Waals surface area contributed by atoms with Crippen molar-refractivity contribution in [2.24, 2.45) is 0 Å². The minimum Gasteiger partial charge on any atom is -0.297 e. The lowest BCUT2D eigenvalue weighted by Crippen LogP contribution is -2.27. The van der Waals surface area contributed by atoms with Gasteiger partial charge in [-0.3, -0.25) is 9.80 Å². The second kappa shape index (κ2) is 12.3. The monoisotopic (exact) mass is 411 g/mol. The summed E-state index contributed by atoms with van der Waals surface area (Å²) in [6, 6.07) is 19.9. The summed E-state index contributed by atoms with van der Waals surface area (Å²) in [4.78, 5) is 4.65. The van der Waals surface area contributed by atoms with Crippen LogP contribution in [-0.2, 0) is 0 Å². The van der Waals surface area contributed by atoms with Crippen molar-refractivity contribution in [3.8, 4) is 12.1 Å². The third kappa shape index (κ3) is 6.27. The Labute approximate surface area is 187 Å². The SMILES string of the molecule is CCN(CC)/C(=C\[C+]=CC(c1ccc(C#N)cc1)N(CC)CC)c1ccc(C#N)cc1. The van der Waals surface area contributed by atoms with Gasteiger partial charge in [-0.1, -0.05) is 26.0 Å². The molecule has 0 saturated carbocycles. The number of hydrogen-bond donors (Lipinski definition) is 0. The van der Waals surface area contributed by atoms with Crippen LogP contribution in [0.25, 0.3) is 5.70 Å². The van der Waals surface area contributed by atoms with Crippen LogP contribution in [-0.4, -0.2) is 36.0 Å². The number of benzene rings is 2. The lowest BCUT2D eigenvalue weighted by atomic mass is 10.0. The second-order valence-electron chi connectivity index (χ2n) is 7.12. The van der Waals surface area contributed by atoms with E-state index in [0.29, 0.717) is 11.1 Å². The van der Waals surface area contributed by atoms with Gasteiger partial charge < -0.3 is 0 Å². The molecule has 0 N–H and O–H groups in total. The van der Waals surface area contributed by atoms with Crippen molar-refractivity contribution in [1.82, 2.24) is 9.80 Å². The summed E-state index contributed by atoms with van der Waals surface area (Å²) < 4.78 is 0. The number of nitrogens with zero attached hydrogens (tertiary/aromatic N) is 4. The summed E-state index contributed by atoms with van der Waals surface area (Å²) in [5.74, 6) is 0. The van der Waals surface area contributed by atoms with Gasteiger partial charge in [0.2, 0.25) is 0 Å². The van der Waals surface area contributed by atoms with Crippen molar-refractivity contribution in [2.45, 2.75) is 33.7 Å². The van der Waals surface area contributed by atoms with Gasteiger partial charge in [0, 0.05) is 13.1 Å². The highest BCUT2D eigenvalue weighted by Gasteiger charge is 2.19. The van der Waals surface area contributed by atoms with Crippen LogP contribution in [0, 0.1) is 28.7 Å². The molecule has 0 amide bonds. The van der Waals surface area contributed by atoms with Gasteiger partial charge in [0.25, 0.3) is 0 Å². The zero-order chi connectivity index (χ0) is 22.6.